The highest BCUT2D eigenvalue weighted by molar-refractivity contribution is 5.72. The summed E-state index contributed by atoms with van der Waals surface area (Å²) in [5, 5.41) is 2.68. The van der Waals surface area contributed by atoms with Gasteiger partial charge in [0.05, 0.1) is 19.6 Å². The molecule has 0 heterocycles. The Balaban J connectivity index is 3.48. The van der Waals surface area contributed by atoms with E-state index in [4.69, 9.17) is 9.47 Å². The smallest absolute Gasteiger partial charge is 0.407 e. The highest BCUT2D eigenvalue weighted by Crippen LogP contribution is 2.09. The summed E-state index contributed by atoms with van der Waals surface area (Å²) in [5.41, 5.74) is 0. The molecule has 0 rings (SSSR count). The third kappa shape index (κ3) is 19.3. The lowest BCUT2D eigenvalue weighted by atomic mass is 10.1. The first-order chi connectivity index (χ1) is 13.1. The van der Waals surface area contributed by atoms with Crippen LogP contribution in [-0.4, -0.2) is 31.3 Å². The fourth-order valence-electron chi connectivity index (χ4n) is 2.90. The van der Waals surface area contributed by atoms with E-state index in [1.54, 1.807) is 6.92 Å². The van der Waals surface area contributed by atoms with Crippen molar-refractivity contribution in [2.24, 2.45) is 0 Å². The topological polar surface area (TPSA) is 64.6 Å². The van der Waals surface area contributed by atoms with E-state index in [-0.39, 0.29) is 18.4 Å². The molecule has 1 amide bonds. The molecule has 0 bridgehead atoms. The normalized spacial score (nSPS) is 11.8. The molecule has 0 aliphatic rings. The maximum atomic E-state index is 11.8. The van der Waals surface area contributed by atoms with Gasteiger partial charge in [0.1, 0.15) is 0 Å². The average molecular weight is 386 g/mol. The summed E-state index contributed by atoms with van der Waals surface area (Å²) >= 11 is 0. The number of alkyl carbamates (subject to hydrolysis) is 1. The lowest BCUT2D eigenvalue weighted by molar-refractivity contribution is -0.144. The standard InChI is InChI=1S/C22H43NO4/c1-4-6-8-10-11-12-13-14-16-17-26-21(24)19-20(3)23-22(25)27-18-15-9-7-5-2/h20H,4-19H2,1-3H3,(H,23,25). The Morgan fingerprint density at radius 1 is 0.704 bits per heavy atom. The van der Waals surface area contributed by atoms with E-state index < -0.39 is 6.09 Å². The van der Waals surface area contributed by atoms with Crippen molar-refractivity contribution in [3.63, 3.8) is 0 Å². The molecule has 0 saturated heterocycles. The van der Waals surface area contributed by atoms with Gasteiger partial charge in [-0.2, -0.15) is 0 Å². The van der Waals surface area contributed by atoms with Crippen LogP contribution in [0.4, 0.5) is 4.79 Å². The SMILES string of the molecule is CCCCCCCCCCCOC(=O)CC(C)NC(=O)OCCCCCC. The molecule has 1 unspecified atom stereocenters. The maximum Gasteiger partial charge on any atom is 0.407 e. The number of ether oxygens (including phenoxy) is 2. The molecule has 0 fully saturated rings. The molecule has 0 aliphatic heterocycles. The second-order valence-corrected chi connectivity index (χ2v) is 7.49. The van der Waals surface area contributed by atoms with Crippen LogP contribution in [0.3, 0.4) is 0 Å². The van der Waals surface area contributed by atoms with Crippen LogP contribution in [0.15, 0.2) is 0 Å². The van der Waals surface area contributed by atoms with Crippen LogP contribution in [0.5, 0.6) is 0 Å². The lowest BCUT2D eigenvalue weighted by Gasteiger charge is -2.13. The second-order valence-electron chi connectivity index (χ2n) is 7.49. The Kier molecular flexibility index (Phi) is 18.6. The molecule has 5 nitrogen and oxygen atoms in total. The summed E-state index contributed by atoms with van der Waals surface area (Å²) in [4.78, 5) is 23.4. The van der Waals surface area contributed by atoms with Gasteiger partial charge in [0.2, 0.25) is 0 Å². The Morgan fingerprint density at radius 2 is 1.15 bits per heavy atom. The van der Waals surface area contributed by atoms with Crippen molar-refractivity contribution in [2.75, 3.05) is 13.2 Å². The molecule has 0 aliphatic carbocycles. The number of hydrogen-bond donors (Lipinski definition) is 1. The molecular weight excluding hydrogens is 342 g/mol. The Hall–Kier alpha value is -1.26. The first-order valence-corrected chi connectivity index (χ1v) is 11.2. The van der Waals surface area contributed by atoms with Crippen molar-refractivity contribution in [3.05, 3.63) is 0 Å². The molecule has 160 valence electrons. The number of esters is 1. The van der Waals surface area contributed by atoms with Crippen molar-refractivity contribution in [1.29, 1.82) is 0 Å². The van der Waals surface area contributed by atoms with Gasteiger partial charge in [0.15, 0.2) is 0 Å². The minimum atomic E-state index is -0.453. The fourth-order valence-corrected chi connectivity index (χ4v) is 2.90. The van der Waals surface area contributed by atoms with E-state index in [0.29, 0.717) is 13.2 Å². The highest BCUT2D eigenvalue weighted by Gasteiger charge is 2.13. The van der Waals surface area contributed by atoms with Gasteiger partial charge in [-0.05, 0) is 19.8 Å². The zero-order chi connectivity index (χ0) is 20.2. The van der Waals surface area contributed by atoms with Crippen LogP contribution in [0, 0.1) is 0 Å². The van der Waals surface area contributed by atoms with Gasteiger partial charge in [-0.1, -0.05) is 84.5 Å². The van der Waals surface area contributed by atoms with Gasteiger partial charge < -0.3 is 14.8 Å². The van der Waals surface area contributed by atoms with E-state index in [2.05, 4.69) is 19.2 Å². The molecule has 0 spiro atoms. The fraction of sp³-hybridized carbons (Fsp3) is 0.909. The van der Waals surface area contributed by atoms with Gasteiger partial charge in [-0.25, -0.2) is 4.79 Å². The van der Waals surface area contributed by atoms with E-state index in [1.807, 2.05) is 0 Å². The van der Waals surface area contributed by atoms with E-state index in [0.717, 1.165) is 38.5 Å². The molecule has 5 heteroatoms. The van der Waals surface area contributed by atoms with Crippen molar-refractivity contribution < 1.29 is 19.1 Å². The molecule has 27 heavy (non-hydrogen) atoms. The summed E-state index contributed by atoms with van der Waals surface area (Å²) in [7, 11) is 0. The zero-order valence-electron chi connectivity index (χ0n) is 18.0. The Morgan fingerprint density at radius 3 is 1.70 bits per heavy atom. The molecule has 0 radical (unpaired) electrons. The third-order valence-electron chi connectivity index (χ3n) is 4.58. The van der Waals surface area contributed by atoms with Gasteiger partial charge in [0.25, 0.3) is 0 Å². The monoisotopic (exact) mass is 385 g/mol. The highest BCUT2D eigenvalue weighted by atomic mass is 16.5. The minimum absolute atomic E-state index is 0.183. The largest absolute Gasteiger partial charge is 0.466 e. The van der Waals surface area contributed by atoms with Crippen LogP contribution >= 0.6 is 0 Å². The van der Waals surface area contributed by atoms with Crippen molar-refractivity contribution in [1.82, 2.24) is 5.32 Å². The minimum Gasteiger partial charge on any atom is -0.466 e. The molecule has 0 aromatic carbocycles. The average Bonchev–Trinajstić information content (AvgIpc) is 2.63. The van der Waals surface area contributed by atoms with Crippen LogP contribution in [0.1, 0.15) is 111 Å². The predicted molar refractivity (Wildman–Crippen MR) is 111 cm³/mol. The summed E-state index contributed by atoms with van der Waals surface area (Å²) in [5.74, 6) is -0.259. The van der Waals surface area contributed by atoms with E-state index >= 15 is 0 Å². The Labute approximate surface area is 167 Å². The Bertz CT molecular complexity index is 360. The van der Waals surface area contributed by atoms with Gasteiger partial charge in [0, 0.05) is 6.04 Å². The summed E-state index contributed by atoms with van der Waals surface area (Å²) in [6.45, 7) is 7.08. The summed E-state index contributed by atoms with van der Waals surface area (Å²) < 4.78 is 10.4. The molecule has 1 atom stereocenters. The van der Waals surface area contributed by atoms with E-state index in [9.17, 15) is 9.59 Å². The first kappa shape index (κ1) is 25.7. The van der Waals surface area contributed by atoms with Crippen LogP contribution in [-0.2, 0) is 14.3 Å². The number of unbranched alkanes of at least 4 members (excludes halogenated alkanes) is 11. The quantitative estimate of drug-likeness (QED) is 0.227. The lowest BCUT2D eigenvalue weighted by Crippen LogP contribution is -2.35. The third-order valence-corrected chi connectivity index (χ3v) is 4.58. The number of hydrogen-bond acceptors (Lipinski definition) is 4. The number of rotatable bonds is 18. The molecule has 1 N–H and O–H groups in total. The number of amides is 1. The van der Waals surface area contributed by atoms with Crippen LogP contribution in [0.25, 0.3) is 0 Å². The molecule has 0 aromatic heterocycles. The van der Waals surface area contributed by atoms with Gasteiger partial charge in [-0.15, -0.1) is 0 Å². The van der Waals surface area contributed by atoms with Crippen molar-refractivity contribution in [2.45, 2.75) is 117 Å². The van der Waals surface area contributed by atoms with Crippen molar-refractivity contribution >= 4 is 12.1 Å². The van der Waals surface area contributed by atoms with Gasteiger partial charge >= 0.3 is 12.1 Å². The molecular formula is C22H43NO4. The maximum absolute atomic E-state index is 11.8. The number of carbonyl (C=O) groups is 2. The van der Waals surface area contributed by atoms with Crippen molar-refractivity contribution in [3.8, 4) is 0 Å². The van der Waals surface area contributed by atoms with Crippen LogP contribution < -0.4 is 5.32 Å². The second kappa shape index (κ2) is 19.5. The van der Waals surface area contributed by atoms with E-state index in [1.165, 1.54) is 44.9 Å². The molecule has 0 aromatic rings. The zero-order valence-corrected chi connectivity index (χ0v) is 18.0. The predicted octanol–water partition coefficient (Wildman–Crippen LogP) is 6.15. The first-order valence-electron chi connectivity index (χ1n) is 11.2. The summed E-state index contributed by atoms with van der Waals surface area (Å²) in [6.07, 6.45) is 15.2. The van der Waals surface area contributed by atoms with Crippen LogP contribution in [0.2, 0.25) is 0 Å². The molecule has 0 saturated carbocycles. The summed E-state index contributed by atoms with van der Waals surface area (Å²) in [6, 6.07) is -0.274. The van der Waals surface area contributed by atoms with Gasteiger partial charge in [-0.3, -0.25) is 4.79 Å². The number of nitrogens with one attached hydrogen (secondary N) is 1. The number of carbonyl (C=O) groups excluding carboxylic acids is 2.